The Bertz CT molecular complexity index is 437. The molecule has 2 rings (SSSR count). The van der Waals surface area contributed by atoms with Gasteiger partial charge in [0, 0.05) is 13.0 Å². The van der Waals surface area contributed by atoms with Gasteiger partial charge in [-0.2, -0.15) is 0 Å². The summed E-state index contributed by atoms with van der Waals surface area (Å²) >= 11 is 0. The van der Waals surface area contributed by atoms with Gasteiger partial charge in [0.1, 0.15) is 42.4 Å². The van der Waals surface area contributed by atoms with E-state index in [4.69, 9.17) is 25.7 Å². The Hall–Kier alpha value is -0.690. The van der Waals surface area contributed by atoms with Crippen molar-refractivity contribution < 1.29 is 39.4 Å². The van der Waals surface area contributed by atoms with Crippen molar-refractivity contribution in [3.63, 3.8) is 0 Å². The third kappa shape index (κ3) is 4.10. The molecule has 0 amide bonds. The largest absolute Gasteiger partial charge is 0.388 e. The number of aliphatic hydroxyl groups is 4. The second-order valence-corrected chi connectivity index (χ2v) is 6.27. The van der Waals surface area contributed by atoms with Gasteiger partial charge in [0.05, 0.1) is 18.8 Å². The Morgan fingerprint density at radius 1 is 1.12 bits per heavy atom. The molecule has 0 radical (unpaired) electrons. The van der Waals surface area contributed by atoms with E-state index in [2.05, 4.69) is 0 Å². The van der Waals surface area contributed by atoms with Crippen molar-refractivity contribution in [3.8, 4) is 0 Å². The molecule has 0 spiro atoms. The Balaban J connectivity index is 1.99. The van der Waals surface area contributed by atoms with Gasteiger partial charge in [0.25, 0.3) is 0 Å². The number of hydrogen-bond donors (Lipinski definition) is 6. The summed E-state index contributed by atoms with van der Waals surface area (Å²) in [6.45, 7) is 1.21. The quantitative estimate of drug-likeness (QED) is 0.288. The Labute approximate surface area is 139 Å². The number of hydrogen-bond acceptors (Lipinski definition) is 10. The van der Waals surface area contributed by atoms with Crippen LogP contribution >= 0.6 is 0 Å². The van der Waals surface area contributed by atoms with Gasteiger partial charge in [-0.25, -0.2) is 0 Å². The van der Waals surface area contributed by atoms with Gasteiger partial charge >= 0.3 is 0 Å². The predicted octanol–water partition coefficient (Wildman–Crippen LogP) is -3.80. The lowest BCUT2D eigenvalue weighted by atomic mass is 9.95. The van der Waals surface area contributed by atoms with Gasteiger partial charge in [-0.3, -0.25) is 4.79 Å². The molecule has 24 heavy (non-hydrogen) atoms. The van der Waals surface area contributed by atoms with Crippen LogP contribution in [0.15, 0.2) is 0 Å². The average Bonchev–Trinajstić information content (AvgIpc) is 2.54. The third-order valence-electron chi connectivity index (χ3n) is 4.36. The maximum absolute atomic E-state index is 11.1. The fraction of sp³-hybridized carbons (Fsp3) is 0.929. The number of ketones is 1. The first-order chi connectivity index (χ1) is 11.3. The van der Waals surface area contributed by atoms with Crippen LogP contribution in [0.1, 0.15) is 13.3 Å². The number of nitrogens with two attached hydrogens (primary N) is 2. The molecule has 2 heterocycles. The smallest absolute Gasteiger partial charge is 0.176 e. The molecular weight excluding hydrogens is 324 g/mol. The van der Waals surface area contributed by atoms with E-state index >= 15 is 0 Å². The van der Waals surface area contributed by atoms with Crippen molar-refractivity contribution in [2.75, 3.05) is 13.2 Å². The molecule has 8 N–H and O–H groups in total. The van der Waals surface area contributed by atoms with Gasteiger partial charge in [0.15, 0.2) is 6.29 Å². The summed E-state index contributed by atoms with van der Waals surface area (Å²) in [5.41, 5.74) is 11.3. The van der Waals surface area contributed by atoms with E-state index in [0.717, 1.165) is 0 Å². The van der Waals surface area contributed by atoms with Crippen LogP contribution in [0.4, 0.5) is 0 Å². The molecule has 10 heteroatoms. The van der Waals surface area contributed by atoms with E-state index in [1.807, 2.05) is 0 Å². The molecule has 0 bridgehead atoms. The first kappa shape index (κ1) is 19.6. The molecule has 3 unspecified atom stereocenters. The highest BCUT2D eigenvalue weighted by Gasteiger charge is 2.46. The van der Waals surface area contributed by atoms with Crippen molar-refractivity contribution in [2.45, 2.75) is 68.4 Å². The molecule has 140 valence electrons. The number of ether oxygens (including phenoxy) is 3. The lowest BCUT2D eigenvalue weighted by molar-refractivity contribution is -0.300. The van der Waals surface area contributed by atoms with Crippen LogP contribution in [0.25, 0.3) is 0 Å². The van der Waals surface area contributed by atoms with E-state index in [1.54, 1.807) is 0 Å². The highest BCUT2D eigenvalue weighted by Crippen LogP contribution is 2.26. The molecule has 2 saturated heterocycles. The molecule has 0 saturated carbocycles. The minimum Gasteiger partial charge on any atom is -0.388 e. The molecule has 9 atom stereocenters. The molecule has 2 aliphatic heterocycles. The van der Waals surface area contributed by atoms with Crippen molar-refractivity contribution in [1.82, 2.24) is 0 Å². The minimum atomic E-state index is -1.32. The third-order valence-corrected chi connectivity index (χ3v) is 4.36. The van der Waals surface area contributed by atoms with Crippen LogP contribution in [0.3, 0.4) is 0 Å². The maximum atomic E-state index is 11.1. The standard InChI is InChI=1S/C14H26N2O8/c1-5(17)2-6-10(18)12(20)8(4-22-6)24-14-9(16)13(21)11(19)7(3-15)23-14/h6-14,18-21H,2-4,15-16H2,1H3/t6-,7?,8-,9?,10?,11-,12-,13+,14-/m0/s1. The second-order valence-electron chi connectivity index (χ2n) is 6.27. The molecule has 2 fully saturated rings. The summed E-state index contributed by atoms with van der Waals surface area (Å²) in [6, 6.07) is -1.07. The Morgan fingerprint density at radius 3 is 2.33 bits per heavy atom. The second kappa shape index (κ2) is 8.13. The minimum absolute atomic E-state index is 0.0233. The Kier molecular flexibility index (Phi) is 6.65. The monoisotopic (exact) mass is 350 g/mol. The van der Waals surface area contributed by atoms with Crippen LogP contribution < -0.4 is 11.5 Å². The molecular formula is C14H26N2O8. The van der Waals surface area contributed by atoms with Gasteiger partial charge < -0.3 is 46.1 Å². The Morgan fingerprint density at radius 2 is 1.75 bits per heavy atom. The zero-order valence-electron chi connectivity index (χ0n) is 13.4. The molecule has 0 aromatic heterocycles. The van der Waals surface area contributed by atoms with Crippen molar-refractivity contribution in [2.24, 2.45) is 11.5 Å². The highest BCUT2D eigenvalue weighted by atomic mass is 16.7. The number of rotatable bonds is 5. The van der Waals surface area contributed by atoms with Gasteiger partial charge in [-0.05, 0) is 6.92 Å². The summed E-state index contributed by atoms with van der Waals surface area (Å²) in [5, 5.41) is 40.0. The zero-order valence-corrected chi connectivity index (χ0v) is 13.4. The number of carbonyl (C=O) groups is 1. The molecule has 0 aliphatic carbocycles. The van der Waals surface area contributed by atoms with E-state index in [-0.39, 0.29) is 25.4 Å². The van der Waals surface area contributed by atoms with Crippen molar-refractivity contribution in [3.05, 3.63) is 0 Å². The lowest BCUT2D eigenvalue weighted by Crippen LogP contribution is -2.65. The van der Waals surface area contributed by atoms with Gasteiger partial charge in [-0.1, -0.05) is 0 Å². The first-order valence-corrected chi connectivity index (χ1v) is 7.86. The maximum Gasteiger partial charge on any atom is 0.176 e. The highest BCUT2D eigenvalue weighted by molar-refractivity contribution is 5.76. The first-order valence-electron chi connectivity index (χ1n) is 7.86. The van der Waals surface area contributed by atoms with Crippen LogP contribution in [0.5, 0.6) is 0 Å². The SMILES string of the molecule is CC(=O)C[C@@H]1OC[C@H](O[C@@H]2OC(CN)[C@H](O)[C@H](O)C2N)[C@H](O)C1O. The van der Waals surface area contributed by atoms with E-state index in [9.17, 15) is 25.2 Å². The average molecular weight is 350 g/mol. The summed E-state index contributed by atoms with van der Waals surface area (Å²) in [6.07, 6.45) is -9.02. The molecule has 10 nitrogen and oxygen atoms in total. The fourth-order valence-corrected chi connectivity index (χ4v) is 2.88. The van der Waals surface area contributed by atoms with Crippen LogP contribution in [0.2, 0.25) is 0 Å². The molecule has 0 aromatic carbocycles. The lowest BCUT2D eigenvalue weighted by Gasteiger charge is -2.44. The predicted molar refractivity (Wildman–Crippen MR) is 79.6 cm³/mol. The van der Waals surface area contributed by atoms with Gasteiger partial charge in [0.2, 0.25) is 0 Å². The molecule has 2 aliphatic rings. The summed E-state index contributed by atoms with van der Waals surface area (Å²) in [7, 11) is 0. The number of carbonyl (C=O) groups excluding carboxylic acids is 1. The fourth-order valence-electron chi connectivity index (χ4n) is 2.88. The topological polar surface area (TPSA) is 178 Å². The van der Waals surface area contributed by atoms with E-state index in [1.165, 1.54) is 6.92 Å². The van der Waals surface area contributed by atoms with E-state index < -0.39 is 55.1 Å². The van der Waals surface area contributed by atoms with Crippen molar-refractivity contribution in [1.29, 1.82) is 0 Å². The van der Waals surface area contributed by atoms with Crippen LogP contribution in [-0.2, 0) is 19.0 Å². The zero-order chi connectivity index (χ0) is 18.0. The normalized spacial score (nSPS) is 46.7. The number of aliphatic hydroxyl groups excluding tert-OH is 4. The van der Waals surface area contributed by atoms with Crippen LogP contribution in [-0.4, -0.2) is 94.4 Å². The number of Topliss-reactive ketones (excluding diaryl/α,β-unsaturated/α-hetero) is 1. The summed E-state index contributed by atoms with van der Waals surface area (Å²) in [5.74, 6) is -0.175. The summed E-state index contributed by atoms with van der Waals surface area (Å²) < 4.78 is 16.3. The van der Waals surface area contributed by atoms with Crippen molar-refractivity contribution >= 4 is 5.78 Å². The van der Waals surface area contributed by atoms with Crippen LogP contribution in [0, 0.1) is 0 Å². The van der Waals surface area contributed by atoms with Gasteiger partial charge in [-0.15, -0.1) is 0 Å². The van der Waals surface area contributed by atoms with E-state index in [0.29, 0.717) is 0 Å². The summed E-state index contributed by atoms with van der Waals surface area (Å²) in [4.78, 5) is 11.1. The molecule has 0 aromatic rings.